The molecule has 0 fully saturated rings. The molecule has 9 rings (SSSR count). The van der Waals surface area contributed by atoms with Crippen LogP contribution in [0.2, 0.25) is 0 Å². The van der Waals surface area contributed by atoms with Crippen molar-refractivity contribution in [1.29, 1.82) is 0 Å². The Morgan fingerprint density at radius 3 is 1.24 bits per heavy atom. The molecule has 6 aromatic carbocycles. The van der Waals surface area contributed by atoms with Gasteiger partial charge in [-0.2, -0.15) is 0 Å². The smallest absolute Gasteiger partial charge is 0.0346 e. The number of pyridine rings is 3. The van der Waals surface area contributed by atoms with E-state index >= 15 is 0 Å². The second kappa shape index (κ2) is 10.8. The van der Waals surface area contributed by atoms with E-state index in [4.69, 9.17) is 0 Å². The maximum atomic E-state index is 4.40. The predicted molar refractivity (Wildman–Crippen MR) is 191 cm³/mol. The van der Waals surface area contributed by atoms with Crippen LogP contribution in [0.25, 0.3) is 88.0 Å². The van der Waals surface area contributed by atoms with Crippen LogP contribution in [0.4, 0.5) is 0 Å². The lowest BCUT2D eigenvalue weighted by Crippen LogP contribution is -1.90. The Kier molecular flexibility index (Phi) is 6.14. The van der Waals surface area contributed by atoms with Crippen molar-refractivity contribution in [1.82, 2.24) is 15.0 Å². The van der Waals surface area contributed by atoms with Gasteiger partial charge in [0.1, 0.15) is 0 Å². The van der Waals surface area contributed by atoms with Crippen LogP contribution in [0.1, 0.15) is 0 Å². The fraction of sp³-hybridized carbons (Fsp3) is 0. The summed E-state index contributed by atoms with van der Waals surface area (Å²) < 4.78 is 0. The predicted octanol–water partition coefficient (Wildman–Crippen LogP) is 11.1. The van der Waals surface area contributed by atoms with Crippen LogP contribution in [-0.4, -0.2) is 15.0 Å². The molecule has 0 aliphatic carbocycles. The van der Waals surface area contributed by atoms with Gasteiger partial charge in [0, 0.05) is 53.9 Å². The average Bonchev–Trinajstić information content (AvgIpc) is 3.14. The highest BCUT2D eigenvalue weighted by Crippen LogP contribution is 2.43. The van der Waals surface area contributed by atoms with E-state index in [0.29, 0.717) is 0 Å². The molecular weight excluding hydrogens is 558 g/mol. The first-order valence-corrected chi connectivity index (χ1v) is 15.5. The van der Waals surface area contributed by atoms with Crippen LogP contribution in [0, 0.1) is 0 Å². The lowest BCUT2D eigenvalue weighted by Gasteiger charge is -2.17. The van der Waals surface area contributed by atoms with E-state index in [1.54, 1.807) is 0 Å². The number of nitrogens with zero attached hydrogens (tertiary/aromatic N) is 3. The lowest BCUT2D eigenvalue weighted by molar-refractivity contribution is 1.32. The summed E-state index contributed by atoms with van der Waals surface area (Å²) in [6.45, 7) is 0. The number of benzene rings is 6. The lowest BCUT2D eigenvalue weighted by atomic mass is 9.87. The Morgan fingerprint density at radius 1 is 0.304 bits per heavy atom. The summed E-state index contributed by atoms with van der Waals surface area (Å²) in [5.74, 6) is 0. The number of hydrogen-bond acceptors (Lipinski definition) is 3. The standard InChI is InChI=1S/C43H27N3/c1-5-30(35-22-36(32-7-2-18-44-25-32)24-37(23-35)33-8-3-19-45-26-33)21-31(6-1)38-14-10-28-13-17-41-39(34-9-4-20-46-27-34)15-11-29-12-16-40(38)42(28)43(29)41/h1-27H. The molecular formula is C43H27N3. The summed E-state index contributed by atoms with van der Waals surface area (Å²) in [7, 11) is 0. The van der Waals surface area contributed by atoms with Crippen LogP contribution in [0.3, 0.4) is 0 Å². The van der Waals surface area contributed by atoms with E-state index < -0.39 is 0 Å². The van der Waals surface area contributed by atoms with Gasteiger partial charge in [0.05, 0.1) is 0 Å². The Bertz CT molecular complexity index is 2450. The third-order valence-corrected chi connectivity index (χ3v) is 9.07. The second-order valence-electron chi connectivity index (χ2n) is 11.8. The molecule has 3 nitrogen and oxygen atoms in total. The highest BCUT2D eigenvalue weighted by atomic mass is 14.6. The number of hydrogen-bond donors (Lipinski definition) is 0. The molecule has 3 heterocycles. The number of rotatable bonds is 5. The molecule has 214 valence electrons. The van der Waals surface area contributed by atoms with Gasteiger partial charge in [0.2, 0.25) is 0 Å². The third kappa shape index (κ3) is 4.41. The SMILES string of the molecule is c1cncc(-c2cc(-c3cccnc3)cc(-c3cccc(-c4ccc5ccc6c(-c7cccnc7)ccc7ccc4c5c76)c3)c2)c1. The molecule has 0 aliphatic rings. The van der Waals surface area contributed by atoms with Crippen molar-refractivity contribution in [2.45, 2.75) is 0 Å². The fourth-order valence-electron chi connectivity index (χ4n) is 6.89. The zero-order chi connectivity index (χ0) is 30.5. The van der Waals surface area contributed by atoms with Crippen molar-refractivity contribution in [2.75, 3.05) is 0 Å². The molecule has 0 radical (unpaired) electrons. The van der Waals surface area contributed by atoms with E-state index in [0.717, 1.165) is 38.9 Å². The van der Waals surface area contributed by atoms with Gasteiger partial charge in [0.15, 0.2) is 0 Å². The van der Waals surface area contributed by atoms with Crippen molar-refractivity contribution in [3.63, 3.8) is 0 Å². The second-order valence-corrected chi connectivity index (χ2v) is 11.8. The van der Waals surface area contributed by atoms with Crippen LogP contribution in [0.5, 0.6) is 0 Å². The minimum absolute atomic E-state index is 1.09. The highest BCUT2D eigenvalue weighted by Gasteiger charge is 2.16. The van der Waals surface area contributed by atoms with Crippen molar-refractivity contribution in [3.8, 4) is 55.6 Å². The molecule has 0 unspecified atom stereocenters. The minimum Gasteiger partial charge on any atom is -0.264 e. The van der Waals surface area contributed by atoms with Crippen molar-refractivity contribution < 1.29 is 0 Å². The first kappa shape index (κ1) is 26.2. The molecule has 3 aromatic heterocycles. The minimum atomic E-state index is 1.09. The summed E-state index contributed by atoms with van der Waals surface area (Å²) in [4.78, 5) is 13.2. The molecule has 0 bridgehead atoms. The Hall–Kier alpha value is -6.19. The monoisotopic (exact) mass is 585 g/mol. The van der Waals surface area contributed by atoms with Crippen LogP contribution in [0.15, 0.2) is 165 Å². The third-order valence-electron chi connectivity index (χ3n) is 9.07. The summed E-state index contributed by atoms with van der Waals surface area (Å²) in [6.07, 6.45) is 11.3. The quantitative estimate of drug-likeness (QED) is 0.189. The summed E-state index contributed by atoms with van der Waals surface area (Å²) in [5.41, 5.74) is 11.5. The molecule has 46 heavy (non-hydrogen) atoms. The maximum Gasteiger partial charge on any atom is 0.0346 e. The molecule has 0 aliphatic heterocycles. The fourth-order valence-corrected chi connectivity index (χ4v) is 6.89. The topological polar surface area (TPSA) is 38.7 Å². The van der Waals surface area contributed by atoms with Crippen LogP contribution >= 0.6 is 0 Å². The molecule has 0 saturated carbocycles. The van der Waals surface area contributed by atoms with Gasteiger partial charge in [-0.05, 0) is 114 Å². The first-order valence-electron chi connectivity index (χ1n) is 15.5. The van der Waals surface area contributed by atoms with E-state index in [1.165, 1.54) is 49.0 Å². The largest absolute Gasteiger partial charge is 0.264 e. The normalized spacial score (nSPS) is 11.5. The van der Waals surface area contributed by atoms with Gasteiger partial charge >= 0.3 is 0 Å². The van der Waals surface area contributed by atoms with Crippen LogP contribution < -0.4 is 0 Å². The zero-order valence-corrected chi connectivity index (χ0v) is 24.9. The molecule has 0 N–H and O–H groups in total. The first-order chi connectivity index (χ1) is 22.8. The van der Waals surface area contributed by atoms with Gasteiger partial charge in [-0.3, -0.25) is 15.0 Å². The Labute approximate surface area is 266 Å². The van der Waals surface area contributed by atoms with Crippen molar-refractivity contribution in [2.24, 2.45) is 0 Å². The van der Waals surface area contributed by atoms with Gasteiger partial charge in [-0.25, -0.2) is 0 Å². The zero-order valence-electron chi connectivity index (χ0n) is 24.9. The molecule has 9 aromatic rings. The van der Waals surface area contributed by atoms with E-state index in [-0.39, 0.29) is 0 Å². The van der Waals surface area contributed by atoms with Gasteiger partial charge in [0.25, 0.3) is 0 Å². The number of aromatic nitrogens is 3. The summed E-state index contributed by atoms with van der Waals surface area (Å²) >= 11 is 0. The Morgan fingerprint density at radius 2 is 0.717 bits per heavy atom. The summed E-state index contributed by atoms with van der Waals surface area (Å²) in [5, 5.41) is 7.63. The molecule has 0 spiro atoms. The van der Waals surface area contributed by atoms with Gasteiger partial charge in [-0.15, -0.1) is 0 Å². The van der Waals surface area contributed by atoms with Crippen LogP contribution in [-0.2, 0) is 0 Å². The van der Waals surface area contributed by atoms with E-state index in [2.05, 4.69) is 124 Å². The molecule has 0 saturated heterocycles. The molecule has 3 heteroatoms. The van der Waals surface area contributed by atoms with Gasteiger partial charge < -0.3 is 0 Å². The average molecular weight is 586 g/mol. The highest BCUT2D eigenvalue weighted by molar-refractivity contribution is 6.27. The van der Waals surface area contributed by atoms with Crippen molar-refractivity contribution in [3.05, 3.63) is 165 Å². The Balaban J connectivity index is 1.22. The summed E-state index contributed by atoms with van der Waals surface area (Å²) in [6, 6.07) is 46.1. The van der Waals surface area contributed by atoms with E-state index in [1.807, 2.05) is 55.4 Å². The molecule has 0 amide bonds. The van der Waals surface area contributed by atoms with E-state index in [9.17, 15) is 0 Å². The van der Waals surface area contributed by atoms with Crippen molar-refractivity contribution >= 4 is 32.3 Å². The van der Waals surface area contributed by atoms with Gasteiger partial charge in [-0.1, -0.05) is 84.9 Å². The maximum absolute atomic E-state index is 4.40. The molecule has 0 atom stereocenters.